The predicted molar refractivity (Wildman–Crippen MR) is 98.9 cm³/mol. The van der Waals surface area contributed by atoms with Gasteiger partial charge >= 0.3 is 0 Å². The molecule has 2 aromatic heterocycles. The molecule has 27 heavy (non-hydrogen) atoms. The molecule has 0 spiro atoms. The summed E-state index contributed by atoms with van der Waals surface area (Å²) in [6.45, 7) is 0. The summed E-state index contributed by atoms with van der Waals surface area (Å²) in [7, 11) is 0. The molecule has 9 nitrogen and oxygen atoms in total. The number of nitro benzene ring substituents is 1. The summed E-state index contributed by atoms with van der Waals surface area (Å²) in [4.78, 5) is 20.3. The normalized spacial score (nSPS) is 10.7. The number of hydrogen-bond acceptors (Lipinski definition) is 7. The highest BCUT2D eigenvalue weighted by Crippen LogP contribution is 2.25. The minimum absolute atomic E-state index is 0.00630. The molecule has 2 N–H and O–H groups in total. The average molecular weight is 359 g/mol. The Bertz CT molecular complexity index is 1110. The molecule has 0 radical (unpaired) electrons. The zero-order valence-corrected chi connectivity index (χ0v) is 13.9. The maximum atomic E-state index is 10.8. The van der Waals surface area contributed by atoms with Crippen LogP contribution in [0.4, 0.5) is 11.6 Å². The second-order valence-corrected chi connectivity index (χ2v) is 5.66. The van der Waals surface area contributed by atoms with Crippen LogP contribution in [0, 0.1) is 10.1 Å². The van der Waals surface area contributed by atoms with E-state index in [1.165, 1.54) is 16.9 Å². The summed E-state index contributed by atoms with van der Waals surface area (Å²) in [6.07, 6.45) is 1.59. The lowest BCUT2D eigenvalue weighted by Crippen LogP contribution is -2.00. The first kappa shape index (κ1) is 16.3. The summed E-state index contributed by atoms with van der Waals surface area (Å²) in [5.74, 6) is 0.0788. The maximum absolute atomic E-state index is 10.8. The van der Waals surface area contributed by atoms with E-state index in [-0.39, 0.29) is 11.6 Å². The molecule has 0 unspecified atom stereocenters. The lowest BCUT2D eigenvalue weighted by atomic mass is 10.1. The van der Waals surface area contributed by atoms with Crippen molar-refractivity contribution in [3.05, 3.63) is 77.0 Å². The minimum Gasteiger partial charge on any atom is -0.368 e. The molecule has 0 aliphatic carbocycles. The largest absolute Gasteiger partial charge is 0.368 e. The zero-order valence-electron chi connectivity index (χ0n) is 13.9. The highest BCUT2D eigenvalue weighted by Gasteiger charge is 2.12. The second-order valence-electron chi connectivity index (χ2n) is 5.66. The van der Waals surface area contributed by atoms with Crippen molar-refractivity contribution in [2.45, 2.75) is 0 Å². The van der Waals surface area contributed by atoms with Crippen LogP contribution in [-0.4, -0.2) is 29.9 Å². The molecule has 132 valence electrons. The Hall–Kier alpha value is -4.14. The smallest absolute Gasteiger partial charge is 0.269 e. The van der Waals surface area contributed by atoms with Gasteiger partial charge in [0.2, 0.25) is 5.95 Å². The number of non-ortho nitro benzene ring substituents is 1. The van der Waals surface area contributed by atoms with Gasteiger partial charge in [-0.2, -0.15) is 9.90 Å². The van der Waals surface area contributed by atoms with Gasteiger partial charge < -0.3 is 5.73 Å². The van der Waals surface area contributed by atoms with E-state index in [2.05, 4.69) is 20.2 Å². The topological polar surface area (TPSA) is 126 Å². The van der Waals surface area contributed by atoms with Gasteiger partial charge in [0.15, 0.2) is 0 Å². The van der Waals surface area contributed by atoms with Crippen molar-refractivity contribution in [2.75, 3.05) is 5.73 Å². The van der Waals surface area contributed by atoms with Crippen LogP contribution in [0.5, 0.6) is 0 Å². The summed E-state index contributed by atoms with van der Waals surface area (Å²) in [5, 5.41) is 19.5. The van der Waals surface area contributed by atoms with Gasteiger partial charge in [-0.15, -0.1) is 5.10 Å². The third-order valence-corrected chi connectivity index (χ3v) is 3.86. The van der Waals surface area contributed by atoms with Crippen molar-refractivity contribution in [3.63, 3.8) is 0 Å². The fraction of sp³-hybridized carbons (Fsp3) is 0. The van der Waals surface area contributed by atoms with Gasteiger partial charge in [0.1, 0.15) is 5.69 Å². The Labute approximate surface area is 153 Å². The third-order valence-electron chi connectivity index (χ3n) is 3.86. The van der Waals surface area contributed by atoms with Crippen molar-refractivity contribution in [2.24, 2.45) is 0 Å². The van der Waals surface area contributed by atoms with E-state index >= 15 is 0 Å². The summed E-state index contributed by atoms with van der Waals surface area (Å²) in [5.41, 5.74) is 8.95. The number of aromatic nitrogens is 5. The summed E-state index contributed by atoms with van der Waals surface area (Å²) >= 11 is 0. The second kappa shape index (κ2) is 6.64. The Kier molecular flexibility index (Phi) is 4.01. The summed E-state index contributed by atoms with van der Waals surface area (Å²) < 4.78 is 0. The molecule has 0 saturated carbocycles. The Balaban J connectivity index is 1.71. The fourth-order valence-corrected chi connectivity index (χ4v) is 2.57. The van der Waals surface area contributed by atoms with E-state index < -0.39 is 4.92 Å². The zero-order chi connectivity index (χ0) is 18.8. The van der Waals surface area contributed by atoms with Gasteiger partial charge in [-0.1, -0.05) is 18.2 Å². The van der Waals surface area contributed by atoms with Gasteiger partial charge in [-0.25, -0.2) is 9.97 Å². The molecule has 2 aromatic carbocycles. The monoisotopic (exact) mass is 359 g/mol. The van der Waals surface area contributed by atoms with Crippen LogP contribution < -0.4 is 5.73 Å². The number of benzene rings is 2. The van der Waals surface area contributed by atoms with E-state index in [0.717, 1.165) is 5.69 Å². The molecule has 0 saturated heterocycles. The molecule has 0 fully saturated rings. The number of para-hydroxylation sites is 1. The van der Waals surface area contributed by atoms with E-state index in [9.17, 15) is 10.1 Å². The maximum Gasteiger partial charge on any atom is 0.269 e. The molecular formula is C18H13N7O2. The SMILES string of the molecule is Nc1nc(-c2ccc([N+](=O)[O-])cc2)cc(-c2cnn(-c3ccccc3)n2)n1. The van der Waals surface area contributed by atoms with Crippen LogP contribution in [0.25, 0.3) is 28.3 Å². The first-order chi connectivity index (χ1) is 13.1. The van der Waals surface area contributed by atoms with Crippen molar-refractivity contribution in [3.8, 4) is 28.3 Å². The molecule has 0 aliphatic heterocycles. The van der Waals surface area contributed by atoms with Crippen molar-refractivity contribution in [1.82, 2.24) is 25.0 Å². The van der Waals surface area contributed by atoms with E-state index in [0.29, 0.717) is 22.6 Å². The summed E-state index contributed by atoms with van der Waals surface area (Å²) in [6, 6.07) is 17.3. The van der Waals surface area contributed by atoms with Crippen molar-refractivity contribution >= 4 is 11.6 Å². The van der Waals surface area contributed by atoms with Crippen LogP contribution in [-0.2, 0) is 0 Å². The molecule has 0 aliphatic rings. The van der Waals surface area contributed by atoms with Crippen LogP contribution in [0.2, 0.25) is 0 Å². The number of nitrogens with zero attached hydrogens (tertiary/aromatic N) is 6. The van der Waals surface area contributed by atoms with Gasteiger partial charge in [-0.3, -0.25) is 10.1 Å². The minimum atomic E-state index is -0.453. The van der Waals surface area contributed by atoms with Gasteiger partial charge in [0.25, 0.3) is 5.69 Å². The number of nitro groups is 1. The quantitative estimate of drug-likeness (QED) is 0.438. The third kappa shape index (κ3) is 3.33. The van der Waals surface area contributed by atoms with Crippen LogP contribution in [0.1, 0.15) is 0 Å². The van der Waals surface area contributed by atoms with Gasteiger partial charge in [0, 0.05) is 17.7 Å². The van der Waals surface area contributed by atoms with Crippen LogP contribution >= 0.6 is 0 Å². The standard InChI is InChI=1S/C18H13N7O2/c19-18-21-15(12-6-8-14(9-7-12)25(26)27)10-16(22-18)17-11-20-24(23-17)13-4-2-1-3-5-13/h1-11H,(H2,19,21,22). The highest BCUT2D eigenvalue weighted by molar-refractivity contribution is 5.67. The van der Waals surface area contributed by atoms with Gasteiger partial charge in [-0.05, 0) is 30.3 Å². The molecule has 0 atom stereocenters. The van der Waals surface area contributed by atoms with E-state index in [4.69, 9.17) is 5.73 Å². The number of rotatable bonds is 4. The van der Waals surface area contributed by atoms with Crippen molar-refractivity contribution in [1.29, 1.82) is 0 Å². The molecule has 0 bridgehead atoms. The fourth-order valence-electron chi connectivity index (χ4n) is 2.57. The lowest BCUT2D eigenvalue weighted by Gasteiger charge is -2.04. The molecule has 9 heteroatoms. The number of hydrogen-bond donors (Lipinski definition) is 1. The average Bonchev–Trinajstić information content (AvgIpc) is 3.19. The molecule has 2 heterocycles. The Morgan fingerprint density at radius 1 is 0.926 bits per heavy atom. The predicted octanol–water partition coefficient (Wildman–Crippen LogP) is 2.88. The Morgan fingerprint density at radius 2 is 1.63 bits per heavy atom. The number of nitrogen functional groups attached to an aromatic ring is 1. The molecular weight excluding hydrogens is 346 g/mol. The molecule has 0 amide bonds. The first-order valence-corrected chi connectivity index (χ1v) is 7.98. The number of anilines is 1. The highest BCUT2D eigenvalue weighted by atomic mass is 16.6. The molecule has 4 aromatic rings. The lowest BCUT2D eigenvalue weighted by molar-refractivity contribution is -0.384. The molecule has 4 rings (SSSR count). The Morgan fingerprint density at radius 3 is 2.33 bits per heavy atom. The van der Waals surface area contributed by atoms with E-state index in [1.54, 1.807) is 24.4 Å². The van der Waals surface area contributed by atoms with Crippen molar-refractivity contribution < 1.29 is 4.92 Å². The first-order valence-electron chi connectivity index (χ1n) is 7.98. The van der Waals surface area contributed by atoms with Crippen LogP contribution in [0.3, 0.4) is 0 Å². The number of nitrogens with two attached hydrogens (primary N) is 1. The van der Waals surface area contributed by atoms with Gasteiger partial charge in [0.05, 0.1) is 28.2 Å². The van der Waals surface area contributed by atoms with Crippen LogP contribution in [0.15, 0.2) is 66.9 Å². The van der Waals surface area contributed by atoms with E-state index in [1.807, 2.05) is 30.3 Å².